The fraction of sp³-hybridized carbons (Fsp3) is 0.357. The lowest BCUT2D eigenvalue weighted by atomic mass is 9.69. The smallest absolute Gasteiger partial charge is 0.190 e. The minimum absolute atomic E-state index is 0.0896. The summed E-state index contributed by atoms with van der Waals surface area (Å²) in [6.45, 7) is 0. The largest absolute Gasteiger partial charge is 0.490 e. The summed E-state index contributed by atoms with van der Waals surface area (Å²) in [5, 5.41) is 0. The number of allylic oxidation sites excluding steroid dienone is 4. The standard InChI is InChI=1S/C28H26O3/c29-24-11-5-6-18-16-23-21-9-3-4-10-22(21)28(30)27(23)26(25(18)24)17-12-14-20(15-13-17)31-19-7-1-2-8-19/h3-4,9-10,12-15,19,26H,1-2,5-8,11,16H2. The van der Waals surface area contributed by atoms with Crippen LogP contribution in [0.25, 0.3) is 5.57 Å². The van der Waals surface area contributed by atoms with Gasteiger partial charge in [0, 0.05) is 29.0 Å². The van der Waals surface area contributed by atoms with E-state index in [9.17, 15) is 9.59 Å². The van der Waals surface area contributed by atoms with Crippen molar-refractivity contribution in [2.24, 2.45) is 0 Å². The van der Waals surface area contributed by atoms with E-state index in [-0.39, 0.29) is 17.5 Å². The molecule has 0 bridgehead atoms. The lowest BCUT2D eigenvalue weighted by Gasteiger charge is -2.32. The number of carbonyl (C=O) groups excluding carboxylic acids is 2. The lowest BCUT2D eigenvalue weighted by Crippen LogP contribution is -2.25. The number of ether oxygens (including phenoxy) is 1. The summed E-state index contributed by atoms with van der Waals surface area (Å²) < 4.78 is 6.15. The van der Waals surface area contributed by atoms with Gasteiger partial charge in [-0.2, -0.15) is 0 Å². The molecule has 3 heteroatoms. The third-order valence-corrected chi connectivity index (χ3v) is 7.42. The zero-order valence-corrected chi connectivity index (χ0v) is 17.7. The summed E-state index contributed by atoms with van der Waals surface area (Å²) in [6, 6.07) is 16.1. The summed E-state index contributed by atoms with van der Waals surface area (Å²) in [7, 11) is 0. The van der Waals surface area contributed by atoms with Crippen LogP contribution in [0.5, 0.6) is 5.75 Å². The Bertz CT molecular complexity index is 1140. The first-order chi connectivity index (χ1) is 15.2. The molecule has 1 atom stereocenters. The van der Waals surface area contributed by atoms with Crippen LogP contribution >= 0.6 is 0 Å². The molecule has 4 aliphatic rings. The van der Waals surface area contributed by atoms with E-state index in [0.717, 1.165) is 71.3 Å². The molecule has 3 nitrogen and oxygen atoms in total. The molecule has 1 fully saturated rings. The van der Waals surface area contributed by atoms with E-state index >= 15 is 0 Å². The summed E-state index contributed by atoms with van der Waals surface area (Å²) in [6.07, 6.45) is 8.23. The number of rotatable bonds is 3. The van der Waals surface area contributed by atoms with E-state index in [2.05, 4.69) is 18.2 Å². The van der Waals surface area contributed by atoms with Gasteiger partial charge in [0.2, 0.25) is 0 Å². The number of fused-ring (bicyclic) bond motifs is 2. The number of hydrogen-bond acceptors (Lipinski definition) is 3. The molecule has 0 spiro atoms. The zero-order chi connectivity index (χ0) is 20.9. The van der Waals surface area contributed by atoms with E-state index in [1.165, 1.54) is 18.4 Å². The quantitative estimate of drug-likeness (QED) is 0.605. The average molecular weight is 411 g/mol. The van der Waals surface area contributed by atoms with Gasteiger partial charge in [0.1, 0.15) is 5.75 Å². The van der Waals surface area contributed by atoms with Gasteiger partial charge >= 0.3 is 0 Å². The molecule has 0 heterocycles. The maximum Gasteiger partial charge on any atom is 0.190 e. The number of hydrogen-bond donors (Lipinski definition) is 0. The third-order valence-electron chi connectivity index (χ3n) is 7.42. The normalized spacial score (nSPS) is 23.2. The number of ketones is 2. The molecular formula is C28H26O3. The molecule has 1 saturated carbocycles. The Morgan fingerprint density at radius 2 is 1.52 bits per heavy atom. The summed E-state index contributed by atoms with van der Waals surface area (Å²) in [5.41, 5.74) is 6.93. The van der Waals surface area contributed by atoms with Crippen LogP contribution in [0.3, 0.4) is 0 Å². The van der Waals surface area contributed by atoms with Crippen molar-refractivity contribution in [1.82, 2.24) is 0 Å². The maximum atomic E-state index is 13.5. The van der Waals surface area contributed by atoms with Crippen molar-refractivity contribution in [2.75, 3.05) is 0 Å². The minimum atomic E-state index is -0.257. The van der Waals surface area contributed by atoms with Crippen molar-refractivity contribution in [3.8, 4) is 5.75 Å². The van der Waals surface area contributed by atoms with Gasteiger partial charge in [-0.3, -0.25) is 9.59 Å². The molecule has 0 aliphatic heterocycles. The monoisotopic (exact) mass is 410 g/mol. The van der Waals surface area contributed by atoms with Gasteiger partial charge in [0.15, 0.2) is 11.6 Å². The topological polar surface area (TPSA) is 43.4 Å². The van der Waals surface area contributed by atoms with E-state index in [1.807, 2.05) is 30.3 Å². The van der Waals surface area contributed by atoms with Crippen molar-refractivity contribution in [3.63, 3.8) is 0 Å². The molecule has 0 saturated heterocycles. The molecule has 0 radical (unpaired) electrons. The van der Waals surface area contributed by atoms with Crippen molar-refractivity contribution in [2.45, 2.75) is 63.4 Å². The van der Waals surface area contributed by atoms with E-state index < -0.39 is 0 Å². The van der Waals surface area contributed by atoms with Gasteiger partial charge in [-0.15, -0.1) is 0 Å². The highest BCUT2D eigenvalue weighted by Crippen LogP contribution is 2.52. The zero-order valence-electron chi connectivity index (χ0n) is 17.7. The van der Waals surface area contributed by atoms with Crippen molar-refractivity contribution >= 4 is 17.1 Å². The van der Waals surface area contributed by atoms with E-state index in [4.69, 9.17) is 4.74 Å². The fourth-order valence-corrected chi connectivity index (χ4v) is 5.97. The van der Waals surface area contributed by atoms with Gasteiger partial charge in [0.25, 0.3) is 0 Å². The molecule has 0 amide bonds. The molecule has 2 aromatic carbocycles. The summed E-state index contributed by atoms with van der Waals surface area (Å²) in [4.78, 5) is 26.5. The first-order valence-corrected chi connectivity index (χ1v) is 11.6. The van der Waals surface area contributed by atoms with Crippen molar-refractivity contribution < 1.29 is 14.3 Å². The molecule has 0 N–H and O–H groups in total. The Balaban J connectivity index is 1.43. The van der Waals surface area contributed by atoms with Crippen LogP contribution in [-0.4, -0.2) is 17.7 Å². The Kier molecular flexibility index (Phi) is 4.45. The molecule has 0 aromatic heterocycles. The highest BCUT2D eigenvalue weighted by molar-refractivity contribution is 6.23. The van der Waals surface area contributed by atoms with Crippen LogP contribution < -0.4 is 4.74 Å². The van der Waals surface area contributed by atoms with Gasteiger partial charge in [-0.25, -0.2) is 0 Å². The fourth-order valence-electron chi connectivity index (χ4n) is 5.97. The minimum Gasteiger partial charge on any atom is -0.490 e. The average Bonchev–Trinajstić information content (AvgIpc) is 3.40. The van der Waals surface area contributed by atoms with Crippen LogP contribution in [0, 0.1) is 0 Å². The molecule has 1 unspecified atom stereocenters. The van der Waals surface area contributed by atoms with Crippen LogP contribution in [0.2, 0.25) is 0 Å². The highest BCUT2D eigenvalue weighted by Gasteiger charge is 2.43. The van der Waals surface area contributed by atoms with Crippen LogP contribution in [0.4, 0.5) is 0 Å². The van der Waals surface area contributed by atoms with E-state index in [1.54, 1.807) is 0 Å². The van der Waals surface area contributed by atoms with Crippen LogP contribution in [0.1, 0.15) is 78.8 Å². The molecule has 156 valence electrons. The Morgan fingerprint density at radius 1 is 0.774 bits per heavy atom. The Hall–Kier alpha value is -2.94. The molecular weight excluding hydrogens is 384 g/mol. The predicted octanol–water partition coefficient (Wildman–Crippen LogP) is 6.20. The molecule has 2 aromatic rings. The molecule has 6 rings (SSSR count). The van der Waals surface area contributed by atoms with E-state index in [0.29, 0.717) is 12.5 Å². The lowest BCUT2D eigenvalue weighted by molar-refractivity contribution is -0.116. The third kappa shape index (κ3) is 3.02. The van der Waals surface area contributed by atoms with Gasteiger partial charge < -0.3 is 4.74 Å². The second kappa shape index (κ2) is 7.33. The molecule has 31 heavy (non-hydrogen) atoms. The van der Waals surface area contributed by atoms with Gasteiger partial charge in [-0.1, -0.05) is 42.0 Å². The number of benzene rings is 2. The SMILES string of the molecule is O=C1CCCC2=C1C(c1ccc(OC3CCCC3)cc1)C1=C(C2)c2ccccc2C1=O. The van der Waals surface area contributed by atoms with Gasteiger partial charge in [0.05, 0.1) is 6.10 Å². The van der Waals surface area contributed by atoms with Crippen molar-refractivity contribution in [1.29, 1.82) is 0 Å². The van der Waals surface area contributed by atoms with Crippen LogP contribution in [0.15, 0.2) is 65.3 Å². The Morgan fingerprint density at radius 3 is 2.29 bits per heavy atom. The predicted molar refractivity (Wildman–Crippen MR) is 120 cm³/mol. The Labute approximate surface area is 182 Å². The van der Waals surface area contributed by atoms with Crippen LogP contribution in [-0.2, 0) is 4.79 Å². The number of carbonyl (C=O) groups is 2. The second-order valence-electron chi connectivity index (χ2n) is 9.26. The number of Topliss-reactive ketones (excluding diaryl/α,β-unsaturated/α-hetero) is 2. The summed E-state index contributed by atoms with van der Waals surface area (Å²) in [5.74, 6) is 0.928. The summed E-state index contributed by atoms with van der Waals surface area (Å²) >= 11 is 0. The second-order valence-corrected chi connectivity index (χ2v) is 9.26. The maximum absolute atomic E-state index is 13.5. The molecule has 4 aliphatic carbocycles. The van der Waals surface area contributed by atoms with Crippen molar-refractivity contribution in [3.05, 3.63) is 81.9 Å². The first-order valence-electron chi connectivity index (χ1n) is 11.6. The van der Waals surface area contributed by atoms with Gasteiger partial charge in [-0.05, 0) is 73.8 Å². The first kappa shape index (κ1) is 18.8. The highest BCUT2D eigenvalue weighted by atomic mass is 16.5.